The van der Waals surface area contributed by atoms with Crippen molar-refractivity contribution in [1.29, 1.82) is 0 Å². The first-order valence-electron chi connectivity index (χ1n) is 8.83. The van der Waals surface area contributed by atoms with Gasteiger partial charge in [-0.2, -0.15) is 0 Å². The zero-order chi connectivity index (χ0) is 16.4. The van der Waals surface area contributed by atoms with E-state index < -0.39 is 0 Å². The summed E-state index contributed by atoms with van der Waals surface area (Å²) in [5, 5.41) is 10.3. The average molecular weight is 391 g/mol. The molecule has 1 spiro atoms. The lowest BCUT2D eigenvalue weighted by atomic mass is 9.58. The van der Waals surface area contributed by atoms with E-state index in [-0.39, 0.29) is 42.4 Å². The number of aliphatic hydroxyl groups is 1. The number of rotatable bonds is 5. The number of nitrogens with zero attached hydrogens (tertiary/aromatic N) is 1. The molecule has 3 N–H and O–H groups in total. The average Bonchev–Trinajstić information content (AvgIpc) is 2.55. The minimum Gasteiger partial charge on any atom is -0.392 e. The van der Waals surface area contributed by atoms with Crippen LogP contribution in [0, 0.1) is 19.3 Å². The van der Waals surface area contributed by atoms with Gasteiger partial charge in [0.25, 0.3) is 0 Å². The van der Waals surface area contributed by atoms with Crippen molar-refractivity contribution in [1.82, 2.24) is 4.90 Å². The highest BCUT2D eigenvalue weighted by atomic mass is 35.5. The highest BCUT2D eigenvalue weighted by Crippen LogP contribution is 2.51. The molecule has 1 saturated carbocycles. The van der Waals surface area contributed by atoms with Gasteiger partial charge in [-0.05, 0) is 50.9 Å². The normalized spacial score (nSPS) is 25.0. The quantitative estimate of drug-likeness (QED) is 0.811. The second kappa shape index (κ2) is 9.54. The number of hydrogen-bond donors (Lipinski definition) is 2. The third kappa shape index (κ3) is 4.68. The van der Waals surface area contributed by atoms with Crippen LogP contribution in [0.3, 0.4) is 0 Å². The summed E-state index contributed by atoms with van der Waals surface area (Å²) in [6, 6.07) is 6.68. The molecule has 1 aliphatic heterocycles. The Morgan fingerprint density at radius 1 is 1.24 bits per heavy atom. The fourth-order valence-corrected chi connectivity index (χ4v) is 4.16. The summed E-state index contributed by atoms with van der Waals surface area (Å²) in [6.45, 7) is 8.57. The molecular weight excluding hydrogens is 359 g/mol. The van der Waals surface area contributed by atoms with Gasteiger partial charge in [0.1, 0.15) is 0 Å². The standard InChI is InChI=1S/C19H30N2O2.2ClH/c1-14-3-4-15(2)16(11-14)13-21-8-5-19(6-9-21)17(22)12-18(19)23-10-7-20;;/h3-4,11,17-18,22H,5-10,12-13,20H2,1-2H3;2*1H/t17-,18+;;/m1../s1. The molecule has 1 aromatic rings. The molecule has 6 heteroatoms. The van der Waals surface area contributed by atoms with Gasteiger partial charge < -0.3 is 15.6 Å². The van der Waals surface area contributed by atoms with Gasteiger partial charge in [-0.15, -0.1) is 24.8 Å². The van der Waals surface area contributed by atoms with Crippen molar-refractivity contribution in [2.24, 2.45) is 11.1 Å². The van der Waals surface area contributed by atoms with Crippen LogP contribution in [0.4, 0.5) is 0 Å². The second-order valence-corrected chi connectivity index (χ2v) is 7.34. The molecule has 0 radical (unpaired) electrons. The maximum Gasteiger partial charge on any atom is 0.0682 e. The molecule has 1 heterocycles. The maximum atomic E-state index is 10.3. The molecule has 0 amide bonds. The molecule has 2 aliphatic rings. The van der Waals surface area contributed by atoms with E-state index in [0.717, 1.165) is 38.9 Å². The van der Waals surface area contributed by atoms with Crippen molar-refractivity contribution >= 4 is 24.8 Å². The Kier molecular flexibility index (Phi) is 8.65. The van der Waals surface area contributed by atoms with Gasteiger partial charge in [0.05, 0.1) is 18.8 Å². The van der Waals surface area contributed by atoms with Crippen LogP contribution in [0.15, 0.2) is 18.2 Å². The van der Waals surface area contributed by atoms with Gasteiger partial charge in [-0.25, -0.2) is 0 Å². The summed E-state index contributed by atoms with van der Waals surface area (Å²) < 4.78 is 5.88. The van der Waals surface area contributed by atoms with Gasteiger partial charge in [-0.3, -0.25) is 4.90 Å². The number of nitrogens with two attached hydrogens (primary N) is 1. The number of hydrogen-bond acceptors (Lipinski definition) is 4. The zero-order valence-electron chi connectivity index (χ0n) is 15.2. The lowest BCUT2D eigenvalue weighted by Crippen LogP contribution is -2.62. The first kappa shape index (κ1) is 22.7. The summed E-state index contributed by atoms with van der Waals surface area (Å²) in [4.78, 5) is 2.51. The summed E-state index contributed by atoms with van der Waals surface area (Å²) in [5.41, 5.74) is 9.64. The molecule has 2 atom stereocenters. The number of aliphatic hydroxyl groups excluding tert-OH is 1. The molecule has 3 rings (SSSR count). The van der Waals surface area contributed by atoms with Gasteiger partial charge in [0.15, 0.2) is 0 Å². The number of benzene rings is 1. The van der Waals surface area contributed by atoms with Gasteiger partial charge in [0, 0.05) is 24.9 Å². The van der Waals surface area contributed by atoms with Crippen molar-refractivity contribution in [2.45, 2.75) is 51.9 Å². The molecule has 1 saturated heterocycles. The lowest BCUT2D eigenvalue weighted by Gasteiger charge is -2.56. The van der Waals surface area contributed by atoms with Crippen molar-refractivity contribution < 1.29 is 9.84 Å². The van der Waals surface area contributed by atoms with E-state index in [1.165, 1.54) is 16.7 Å². The third-order valence-electron chi connectivity index (χ3n) is 5.86. The van der Waals surface area contributed by atoms with E-state index in [2.05, 4.69) is 36.9 Å². The van der Waals surface area contributed by atoms with E-state index in [4.69, 9.17) is 10.5 Å². The predicted octanol–water partition coefficient (Wildman–Crippen LogP) is 2.84. The Balaban J connectivity index is 0.00000156. The Hall–Kier alpha value is -0.360. The SMILES string of the molecule is Cc1ccc(C)c(CN2CCC3(CC2)[C@H](O)C[C@@H]3OCCN)c1.Cl.Cl. The summed E-state index contributed by atoms with van der Waals surface area (Å²) in [6.07, 6.45) is 2.82. The fraction of sp³-hybridized carbons (Fsp3) is 0.684. The molecule has 1 aromatic carbocycles. The molecule has 25 heavy (non-hydrogen) atoms. The molecule has 4 nitrogen and oxygen atoms in total. The number of aryl methyl sites for hydroxylation is 2. The minimum absolute atomic E-state index is 0. The minimum atomic E-state index is -0.201. The van der Waals surface area contributed by atoms with Crippen molar-refractivity contribution in [2.75, 3.05) is 26.2 Å². The van der Waals surface area contributed by atoms with Gasteiger partial charge in [-0.1, -0.05) is 23.8 Å². The second-order valence-electron chi connectivity index (χ2n) is 7.34. The molecular formula is C19H32Cl2N2O2. The Bertz CT molecular complexity index is 548. The lowest BCUT2D eigenvalue weighted by molar-refractivity contribution is -0.210. The Morgan fingerprint density at radius 3 is 2.52 bits per heavy atom. The molecule has 1 aliphatic carbocycles. The summed E-state index contributed by atoms with van der Waals surface area (Å²) >= 11 is 0. The number of ether oxygens (including phenoxy) is 1. The van der Waals surface area contributed by atoms with E-state index in [1.54, 1.807) is 0 Å². The van der Waals surface area contributed by atoms with E-state index in [1.807, 2.05) is 0 Å². The maximum absolute atomic E-state index is 10.3. The highest BCUT2D eigenvalue weighted by Gasteiger charge is 2.55. The molecule has 0 bridgehead atoms. The van der Waals surface area contributed by atoms with Crippen LogP contribution >= 0.6 is 24.8 Å². The van der Waals surface area contributed by atoms with Crippen molar-refractivity contribution in [3.63, 3.8) is 0 Å². The number of likely N-dealkylation sites (tertiary alicyclic amines) is 1. The van der Waals surface area contributed by atoms with Crippen LogP contribution in [0.5, 0.6) is 0 Å². The van der Waals surface area contributed by atoms with Crippen LogP contribution in [-0.2, 0) is 11.3 Å². The van der Waals surface area contributed by atoms with Crippen LogP contribution in [0.1, 0.15) is 36.0 Å². The predicted molar refractivity (Wildman–Crippen MR) is 107 cm³/mol. The first-order chi connectivity index (χ1) is 11.0. The summed E-state index contributed by atoms with van der Waals surface area (Å²) in [7, 11) is 0. The smallest absolute Gasteiger partial charge is 0.0682 e. The van der Waals surface area contributed by atoms with Gasteiger partial charge in [0.2, 0.25) is 0 Å². The zero-order valence-corrected chi connectivity index (χ0v) is 16.9. The molecule has 0 aromatic heterocycles. The van der Waals surface area contributed by atoms with Crippen molar-refractivity contribution in [3.05, 3.63) is 34.9 Å². The third-order valence-corrected chi connectivity index (χ3v) is 5.86. The van der Waals surface area contributed by atoms with E-state index >= 15 is 0 Å². The monoisotopic (exact) mass is 390 g/mol. The molecule has 0 unspecified atom stereocenters. The molecule has 2 fully saturated rings. The Labute approximate surface area is 163 Å². The van der Waals surface area contributed by atoms with E-state index in [9.17, 15) is 5.11 Å². The van der Waals surface area contributed by atoms with Crippen LogP contribution in [-0.4, -0.2) is 48.5 Å². The topological polar surface area (TPSA) is 58.7 Å². The number of piperidine rings is 1. The largest absolute Gasteiger partial charge is 0.392 e. The molecule has 144 valence electrons. The highest BCUT2D eigenvalue weighted by molar-refractivity contribution is 5.85. The van der Waals surface area contributed by atoms with Crippen LogP contribution in [0.2, 0.25) is 0 Å². The Morgan fingerprint density at radius 2 is 1.92 bits per heavy atom. The van der Waals surface area contributed by atoms with Crippen molar-refractivity contribution in [3.8, 4) is 0 Å². The number of halogens is 2. The summed E-state index contributed by atoms with van der Waals surface area (Å²) in [5.74, 6) is 0. The van der Waals surface area contributed by atoms with Gasteiger partial charge >= 0.3 is 0 Å². The van der Waals surface area contributed by atoms with Crippen LogP contribution < -0.4 is 5.73 Å². The fourth-order valence-electron chi connectivity index (χ4n) is 4.16. The van der Waals surface area contributed by atoms with Crippen LogP contribution in [0.25, 0.3) is 0 Å². The van der Waals surface area contributed by atoms with E-state index in [0.29, 0.717) is 13.2 Å². The first-order valence-corrected chi connectivity index (χ1v) is 8.83.